The number of aromatic amines is 1. The van der Waals surface area contributed by atoms with Gasteiger partial charge in [0.25, 0.3) is 0 Å². The molecule has 0 fully saturated rings. The number of hydrogen-bond donors (Lipinski definition) is 2. The molecule has 0 spiro atoms. The van der Waals surface area contributed by atoms with Gasteiger partial charge in [-0.3, -0.25) is 14.9 Å². The van der Waals surface area contributed by atoms with Crippen LogP contribution in [0.1, 0.15) is 22.3 Å². The Labute approximate surface area is 245 Å². The van der Waals surface area contributed by atoms with Gasteiger partial charge in [-0.2, -0.15) is 0 Å². The number of methoxy groups -OCH3 is 1. The molecule has 2 atom stereocenters. The second-order valence-corrected chi connectivity index (χ2v) is 10.1. The first kappa shape index (κ1) is 28.6. The molecule has 0 amide bonds. The van der Waals surface area contributed by atoms with E-state index in [0.717, 1.165) is 38.9 Å². The van der Waals surface area contributed by atoms with Crippen molar-refractivity contribution in [2.24, 2.45) is 0 Å². The van der Waals surface area contributed by atoms with Gasteiger partial charge in [0.05, 0.1) is 7.11 Å². The standard InChI is InChI=1S/C35H34N2O5/c1-40-29-18-16-27(17-19-29)24-42-34(38)32(20-25-10-4-2-5-11-25)37-33(35(39)41-23-26-12-6-3-7-13-26)21-28-22-36-31-15-9-8-14-30(28)31/h2-19,22,32-33,36-37H,20-21,23-24H2,1H3/t32-,33-/m0/s1. The molecule has 7 heteroatoms. The highest BCUT2D eigenvalue weighted by Gasteiger charge is 2.30. The average Bonchev–Trinajstić information content (AvgIpc) is 3.45. The molecule has 2 N–H and O–H groups in total. The van der Waals surface area contributed by atoms with Gasteiger partial charge in [0.15, 0.2) is 0 Å². The summed E-state index contributed by atoms with van der Waals surface area (Å²) in [5, 5.41) is 4.33. The van der Waals surface area contributed by atoms with Crippen molar-refractivity contribution in [3.8, 4) is 5.75 Å². The second kappa shape index (κ2) is 14.1. The van der Waals surface area contributed by atoms with E-state index in [9.17, 15) is 9.59 Å². The first-order valence-electron chi connectivity index (χ1n) is 13.9. The van der Waals surface area contributed by atoms with Gasteiger partial charge in [0, 0.05) is 23.5 Å². The van der Waals surface area contributed by atoms with Crippen molar-refractivity contribution in [2.75, 3.05) is 7.11 Å². The normalized spacial score (nSPS) is 12.4. The van der Waals surface area contributed by atoms with Gasteiger partial charge >= 0.3 is 11.9 Å². The number of H-pyrrole nitrogens is 1. The lowest BCUT2D eigenvalue weighted by Crippen LogP contribution is -2.50. The zero-order chi connectivity index (χ0) is 29.1. The molecule has 214 valence electrons. The maximum Gasteiger partial charge on any atom is 0.323 e. The Morgan fingerprint density at radius 1 is 0.667 bits per heavy atom. The quantitative estimate of drug-likeness (QED) is 0.177. The lowest BCUT2D eigenvalue weighted by atomic mass is 10.0. The first-order chi connectivity index (χ1) is 20.6. The van der Waals surface area contributed by atoms with E-state index in [4.69, 9.17) is 14.2 Å². The van der Waals surface area contributed by atoms with Crippen LogP contribution in [0.25, 0.3) is 10.9 Å². The minimum absolute atomic E-state index is 0.0986. The molecule has 0 radical (unpaired) electrons. The van der Waals surface area contributed by atoms with E-state index >= 15 is 0 Å². The van der Waals surface area contributed by atoms with E-state index in [1.807, 2.05) is 115 Å². The predicted molar refractivity (Wildman–Crippen MR) is 162 cm³/mol. The third kappa shape index (κ3) is 7.65. The van der Waals surface area contributed by atoms with Gasteiger partial charge in [-0.1, -0.05) is 91.0 Å². The molecule has 5 rings (SSSR count). The summed E-state index contributed by atoms with van der Waals surface area (Å²) < 4.78 is 16.7. The molecule has 0 saturated heterocycles. The minimum Gasteiger partial charge on any atom is -0.497 e. The monoisotopic (exact) mass is 562 g/mol. The summed E-state index contributed by atoms with van der Waals surface area (Å²) in [7, 11) is 1.60. The van der Waals surface area contributed by atoms with Gasteiger partial charge in [-0.15, -0.1) is 0 Å². The van der Waals surface area contributed by atoms with Gasteiger partial charge in [-0.25, -0.2) is 0 Å². The van der Waals surface area contributed by atoms with Crippen LogP contribution in [0.3, 0.4) is 0 Å². The molecule has 7 nitrogen and oxygen atoms in total. The zero-order valence-corrected chi connectivity index (χ0v) is 23.5. The van der Waals surface area contributed by atoms with Crippen LogP contribution in [0.5, 0.6) is 5.75 Å². The molecule has 0 bridgehead atoms. The van der Waals surface area contributed by atoms with E-state index in [2.05, 4.69) is 10.3 Å². The number of nitrogens with one attached hydrogen (secondary N) is 2. The van der Waals surface area contributed by atoms with Gasteiger partial charge < -0.3 is 19.2 Å². The highest BCUT2D eigenvalue weighted by atomic mass is 16.5. The van der Waals surface area contributed by atoms with Crippen LogP contribution in [0.2, 0.25) is 0 Å². The molecule has 0 aliphatic heterocycles. The van der Waals surface area contributed by atoms with E-state index in [1.165, 1.54) is 0 Å². The van der Waals surface area contributed by atoms with Crippen LogP contribution in [-0.4, -0.2) is 36.1 Å². The lowest BCUT2D eigenvalue weighted by Gasteiger charge is -2.24. The van der Waals surface area contributed by atoms with Crippen LogP contribution >= 0.6 is 0 Å². The molecule has 1 heterocycles. The summed E-state index contributed by atoms with van der Waals surface area (Å²) in [6.45, 7) is 0.234. The minimum atomic E-state index is -0.796. The number of aromatic nitrogens is 1. The fourth-order valence-corrected chi connectivity index (χ4v) is 4.84. The third-order valence-electron chi connectivity index (χ3n) is 7.12. The number of carbonyl (C=O) groups is 2. The molecule has 42 heavy (non-hydrogen) atoms. The van der Waals surface area contributed by atoms with E-state index < -0.39 is 24.0 Å². The SMILES string of the molecule is COc1ccc(COC(=O)[C@H](Cc2ccccc2)N[C@@H](Cc2c[nH]c3ccccc23)C(=O)OCc2ccccc2)cc1. The van der Waals surface area contributed by atoms with Crippen molar-refractivity contribution in [1.29, 1.82) is 0 Å². The van der Waals surface area contributed by atoms with Crippen LogP contribution in [0, 0.1) is 0 Å². The maximum absolute atomic E-state index is 13.6. The number of fused-ring (bicyclic) bond motifs is 1. The van der Waals surface area contributed by atoms with Gasteiger partial charge in [-0.05, 0) is 46.9 Å². The molecular formula is C35H34N2O5. The van der Waals surface area contributed by atoms with Crippen molar-refractivity contribution < 1.29 is 23.8 Å². The highest BCUT2D eigenvalue weighted by molar-refractivity contribution is 5.85. The fourth-order valence-electron chi connectivity index (χ4n) is 4.84. The Kier molecular flexibility index (Phi) is 9.65. The van der Waals surface area contributed by atoms with Crippen molar-refractivity contribution in [3.63, 3.8) is 0 Å². The third-order valence-corrected chi connectivity index (χ3v) is 7.12. The highest BCUT2D eigenvalue weighted by Crippen LogP contribution is 2.21. The summed E-state index contributed by atoms with van der Waals surface area (Å²) in [6.07, 6.45) is 2.57. The zero-order valence-electron chi connectivity index (χ0n) is 23.5. The summed E-state index contributed by atoms with van der Waals surface area (Å²) in [6, 6.07) is 32.9. The smallest absolute Gasteiger partial charge is 0.323 e. The molecule has 0 saturated carbocycles. The largest absolute Gasteiger partial charge is 0.497 e. The summed E-state index contributed by atoms with van der Waals surface area (Å²) in [5.41, 5.74) is 4.59. The Hall–Kier alpha value is -4.88. The maximum atomic E-state index is 13.6. The Balaban J connectivity index is 1.37. The van der Waals surface area contributed by atoms with Crippen LogP contribution in [0.4, 0.5) is 0 Å². The number of ether oxygens (including phenoxy) is 3. The molecule has 0 unspecified atom stereocenters. The first-order valence-corrected chi connectivity index (χ1v) is 13.9. The summed E-state index contributed by atoms with van der Waals surface area (Å²) in [5.74, 6) is -0.164. The second-order valence-electron chi connectivity index (χ2n) is 10.1. The molecule has 5 aromatic rings. The summed E-state index contributed by atoms with van der Waals surface area (Å²) in [4.78, 5) is 30.4. The van der Waals surface area contributed by atoms with Crippen LogP contribution in [0.15, 0.2) is 115 Å². The Bertz CT molecular complexity index is 1580. The molecule has 1 aromatic heterocycles. The van der Waals surface area contributed by atoms with Crippen molar-refractivity contribution in [1.82, 2.24) is 10.3 Å². The fraction of sp³-hybridized carbons (Fsp3) is 0.200. The number of carbonyl (C=O) groups excluding carboxylic acids is 2. The average molecular weight is 563 g/mol. The summed E-state index contributed by atoms with van der Waals surface area (Å²) >= 11 is 0. The van der Waals surface area contributed by atoms with Crippen LogP contribution < -0.4 is 10.1 Å². The Morgan fingerprint density at radius 3 is 1.86 bits per heavy atom. The van der Waals surface area contributed by atoms with Gasteiger partial charge in [0.2, 0.25) is 0 Å². The number of rotatable bonds is 13. The topological polar surface area (TPSA) is 89.7 Å². The number of hydrogen-bond acceptors (Lipinski definition) is 6. The van der Waals surface area contributed by atoms with Crippen LogP contribution in [-0.2, 0) is 45.1 Å². The van der Waals surface area contributed by atoms with Crippen molar-refractivity contribution in [3.05, 3.63) is 138 Å². The Morgan fingerprint density at radius 2 is 1.21 bits per heavy atom. The molecular weight excluding hydrogens is 528 g/mol. The van der Waals surface area contributed by atoms with E-state index in [0.29, 0.717) is 12.8 Å². The number of esters is 2. The van der Waals surface area contributed by atoms with E-state index in [-0.39, 0.29) is 13.2 Å². The van der Waals surface area contributed by atoms with E-state index in [1.54, 1.807) is 7.11 Å². The van der Waals surface area contributed by atoms with Crippen molar-refractivity contribution >= 4 is 22.8 Å². The lowest BCUT2D eigenvalue weighted by molar-refractivity contribution is -0.150. The molecule has 0 aliphatic carbocycles. The number of benzene rings is 4. The molecule has 0 aliphatic rings. The number of para-hydroxylation sites is 1. The predicted octanol–water partition coefficient (Wildman–Crippen LogP) is 5.78. The molecule has 4 aromatic carbocycles. The van der Waals surface area contributed by atoms with Crippen molar-refractivity contribution in [2.45, 2.75) is 38.1 Å². The van der Waals surface area contributed by atoms with Gasteiger partial charge in [0.1, 0.15) is 31.0 Å².